The average molecular weight is 497 g/mol. The zero-order valence-electron chi connectivity index (χ0n) is 19.9. The summed E-state index contributed by atoms with van der Waals surface area (Å²) in [5.41, 5.74) is 2.08. The molecule has 1 saturated carbocycles. The van der Waals surface area contributed by atoms with Crippen LogP contribution in [-0.2, 0) is 17.5 Å². The first-order valence-corrected chi connectivity index (χ1v) is 12.3. The topological polar surface area (TPSA) is 41.1 Å². The van der Waals surface area contributed by atoms with E-state index in [-0.39, 0.29) is 12.3 Å². The summed E-state index contributed by atoms with van der Waals surface area (Å²) in [4.78, 5) is 12.4. The van der Waals surface area contributed by atoms with E-state index in [9.17, 15) is 26.7 Å². The smallest absolute Gasteiger partial charge is 0.381 e. The Morgan fingerprint density at radius 2 is 1.71 bits per heavy atom. The van der Waals surface area contributed by atoms with Crippen molar-refractivity contribution in [1.82, 2.24) is 0 Å². The largest absolute Gasteiger partial charge is 0.416 e. The molecule has 1 amide bonds. The van der Waals surface area contributed by atoms with E-state index in [0.29, 0.717) is 24.2 Å². The molecule has 0 spiro atoms. The zero-order valence-corrected chi connectivity index (χ0v) is 19.9. The fraction of sp³-hybridized carbons (Fsp3) is 0.519. The minimum atomic E-state index is -4.38. The third-order valence-corrected chi connectivity index (χ3v) is 6.53. The molecule has 2 unspecified atom stereocenters. The summed E-state index contributed by atoms with van der Waals surface area (Å²) in [7, 11) is 0. The number of hydrogen-bond donors (Lipinski definition) is 2. The van der Waals surface area contributed by atoms with E-state index >= 15 is 0 Å². The fourth-order valence-corrected chi connectivity index (χ4v) is 4.46. The highest BCUT2D eigenvalue weighted by atomic mass is 19.4. The second-order valence-electron chi connectivity index (χ2n) is 9.23. The van der Waals surface area contributed by atoms with E-state index in [1.807, 2.05) is 13.0 Å². The van der Waals surface area contributed by atoms with Crippen LogP contribution in [0.15, 0.2) is 42.5 Å². The number of anilines is 2. The Morgan fingerprint density at radius 1 is 1.03 bits per heavy atom. The van der Waals surface area contributed by atoms with Gasteiger partial charge in [0.2, 0.25) is 6.17 Å². The van der Waals surface area contributed by atoms with Crippen LogP contribution in [0.3, 0.4) is 0 Å². The molecule has 0 bridgehead atoms. The lowest BCUT2D eigenvalue weighted by atomic mass is 9.83. The predicted octanol–water partition coefficient (Wildman–Crippen LogP) is 8.17. The molecule has 2 N–H and O–H groups in total. The Hall–Kier alpha value is -2.64. The quantitative estimate of drug-likeness (QED) is 0.326. The Morgan fingerprint density at radius 3 is 2.34 bits per heavy atom. The molecule has 0 radical (unpaired) electrons. The van der Waals surface area contributed by atoms with Crippen LogP contribution in [0.5, 0.6) is 0 Å². The lowest BCUT2D eigenvalue weighted by Gasteiger charge is -2.26. The van der Waals surface area contributed by atoms with E-state index in [4.69, 9.17) is 0 Å². The summed E-state index contributed by atoms with van der Waals surface area (Å²) in [6, 6.07) is 10.3. The van der Waals surface area contributed by atoms with Gasteiger partial charge in [0.25, 0.3) is 5.91 Å². The molecule has 35 heavy (non-hydrogen) atoms. The third kappa shape index (κ3) is 7.67. The highest BCUT2D eigenvalue weighted by molar-refractivity contribution is 5.95. The van der Waals surface area contributed by atoms with Crippen LogP contribution in [0.4, 0.5) is 33.3 Å². The molecule has 2 aromatic rings. The summed E-state index contributed by atoms with van der Waals surface area (Å²) < 4.78 is 66.8. The van der Waals surface area contributed by atoms with Crippen LogP contribution in [0, 0.1) is 0 Å². The number of benzene rings is 2. The number of amides is 1. The molecule has 2 atom stereocenters. The minimum Gasteiger partial charge on any atom is -0.381 e. The molecular weight excluding hydrogens is 463 g/mol. The van der Waals surface area contributed by atoms with Gasteiger partial charge in [-0.3, -0.25) is 4.79 Å². The molecule has 3 nitrogen and oxygen atoms in total. The summed E-state index contributed by atoms with van der Waals surface area (Å²) in [5, 5.41) is 5.81. The maximum atomic E-state index is 14.4. The van der Waals surface area contributed by atoms with Crippen LogP contribution in [0.1, 0.15) is 80.9 Å². The number of hydrogen-bond acceptors (Lipinski definition) is 2. The summed E-state index contributed by atoms with van der Waals surface area (Å²) in [6.07, 6.45) is -2.08. The monoisotopic (exact) mass is 496 g/mol. The van der Waals surface area contributed by atoms with Gasteiger partial charge in [0.05, 0.1) is 5.56 Å². The van der Waals surface area contributed by atoms with Gasteiger partial charge in [-0.15, -0.1) is 0 Å². The first kappa shape index (κ1) is 27.0. The van der Waals surface area contributed by atoms with Crippen LogP contribution in [0.25, 0.3) is 0 Å². The molecule has 3 rings (SSSR count). The number of nitrogens with one attached hydrogen (secondary N) is 2. The van der Waals surface area contributed by atoms with E-state index < -0.39 is 30.0 Å². The van der Waals surface area contributed by atoms with Crippen molar-refractivity contribution in [1.29, 1.82) is 0 Å². The number of unbranched alkanes of at least 4 members (excludes halogenated alkanes) is 1. The van der Waals surface area contributed by atoms with E-state index in [1.165, 1.54) is 12.1 Å². The first-order valence-electron chi connectivity index (χ1n) is 12.3. The van der Waals surface area contributed by atoms with Gasteiger partial charge < -0.3 is 10.6 Å². The van der Waals surface area contributed by atoms with E-state index in [0.717, 1.165) is 61.9 Å². The van der Waals surface area contributed by atoms with Crippen LogP contribution in [0.2, 0.25) is 0 Å². The molecule has 192 valence electrons. The molecule has 8 heteroatoms. The van der Waals surface area contributed by atoms with E-state index in [2.05, 4.69) is 10.6 Å². The normalized spacial score (nSPS) is 16.5. The van der Waals surface area contributed by atoms with Crippen molar-refractivity contribution < 1.29 is 26.7 Å². The van der Waals surface area contributed by atoms with Crippen molar-refractivity contribution in [2.45, 2.75) is 89.3 Å². The first-order chi connectivity index (χ1) is 16.7. The lowest BCUT2D eigenvalue weighted by molar-refractivity contribution is -0.137. The maximum Gasteiger partial charge on any atom is 0.416 e. The van der Waals surface area contributed by atoms with Crippen LogP contribution >= 0.6 is 0 Å². The Kier molecular flexibility index (Phi) is 9.52. The van der Waals surface area contributed by atoms with Gasteiger partial charge >= 0.3 is 6.18 Å². The molecule has 0 aliphatic heterocycles. The Labute approximate surface area is 203 Å². The average Bonchev–Trinajstić information content (AvgIpc) is 2.86. The molecule has 1 aliphatic carbocycles. The zero-order chi connectivity index (χ0) is 25.4. The highest BCUT2D eigenvalue weighted by Crippen LogP contribution is 2.38. The standard InChI is InChI=1S/C27H33F5N2O/c1-2-3-9-23(28)25(29)26(35)34-24-15-14-21(16-22(24)19-7-5-4-6-8-19)33-17-18-10-12-20(13-11-18)27(30,31)32/h10-16,19,23,25,33H,2-9,17H2,1H3,(H,34,35). The van der Waals surface area contributed by atoms with Crippen LogP contribution in [-0.4, -0.2) is 18.3 Å². The number of alkyl halides is 5. The molecular formula is C27H33F5N2O. The minimum absolute atomic E-state index is 0.00732. The fourth-order valence-electron chi connectivity index (χ4n) is 4.46. The van der Waals surface area contributed by atoms with Crippen LogP contribution < -0.4 is 10.6 Å². The SMILES string of the molecule is CCCCC(F)C(F)C(=O)Nc1ccc(NCc2ccc(C(F)(F)F)cc2)cc1C1CCCCC1. The molecule has 2 aromatic carbocycles. The number of carbonyl (C=O) groups excluding carboxylic acids is 1. The van der Waals surface area contributed by atoms with Crippen molar-refractivity contribution in [2.75, 3.05) is 10.6 Å². The van der Waals surface area contributed by atoms with Gasteiger partial charge in [-0.2, -0.15) is 13.2 Å². The number of carbonyl (C=O) groups is 1. The molecule has 0 aromatic heterocycles. The molecule has 1 fully saturated rings. The Bertz CT molecular complexity index is 955. The molecule has 0 heterocycles. The summed E-state index contributed by atoms with van der Waals surface area (Å²) in [6.45, 7) is 2.20. The lowest BCUT2D eigenvalue weighted by Crippen LogP contribution is -2.32. The predicted molar refractivity (Wildman–Crippen MR) is 129 cm³/mol. The summed E-state index contributed by atoms with van der Waals surface area (Å²) in [5.74, 6) is -0.790. The van der Waals surface area contributed by atoms with Gasteiger partial charge in [-0.25, -0.2) is 8.78 Å². The van der Waals surface area contributed by atoms with Crippen molar-refractivity contribution in [2.24, 2.45) is 0 Å². The maximum absolute atomic E-state index is 14.4. The number of halogens is 5. The third-order valence-electron chi connectivity index (χ3n) is 6.53. The van der Waals surface area contributed by atoms with E-state index in [1.54, 1.807) is 12.1 Å². The van der Waals surface area contributed by atoms with Crippen molar-refractivity contribution in [3.05, 3.63) is 59.2 Å². The number of rotatable bonds is 10. The highest BCUT2D eigenvalue weighted by Gasteiger charge is 2.30. The van der Waals surface area contributed by atoms with Gasteiger partial charge in [0.15, 0.2) is 0 Å². The molecule has 0 saturated heterocycles. The summed E-state index contributed by atoms with van der Waals surface area (Å²) >= 11 is 0. The second kappa shape index (κ2) is 12.4. The van der Waals surface area contributed by atoms with Gasteiger partial charge in [-0.1, -0.05) is 51.2 Å². The van der Waals surface area contributed by atoms with Gasteiger partial charge in [-0.05, 0) is 66.6 Å². The second-order valence-corrected chi connectivity index (χ2v) is 9.23. The van der Waals surface area contributed by atoms with Crippen molar-refractivity contribution in [3.8, 4) is 0 Å². The Balaban J connectivity index is 1.73. The van der Waals surface area contributed by atoms with Gasteiger partial charge in [0.1, 0.15) is 6.17 Å². The van der Waals surface area contributed by atoms with Gasteiger partial charge in [0, 0.05) is 17.9 Å². The molecule has 1 aliphatic rings. The van der Waals surface area contributed by atoms with Crippen molar-refractivity contribution in [3.63, 3.8) is 0 Å². The van der Waals surface area contributed by atoms with Crippen molar-refractivity contribution >= 4 is 17.3 Å².